The minimum atomic E-state index is -3.41. The molecular formula is C12H15N3O3S2. The maximum atomic E-state index is 12.5. The van der Waals surface area contributed by atoms with E-state index in [4.69, 9.17) is 4.74 Å². The average Bonchev–Trinajstić information content (AvgIpc) is 3.10. The monoisotopic (exact) mass is 313 g/mol. The second kappa shape index (κ2) is 5.28. The summed E-state index contributed by atoms with van der Waals surface area (Å²) in [4.78, 5) is 0. The van der Waals surface area contributed by atoms with E-state index in [1.54, 1.807) is 28.4 Å². The lowest BCUT2D eigenvalue weighted by Gasteiger charge is -2.31. The fraction of sp³-hybridized carbons (Fsp3) is 0.417. The third-order valence-electron chi connectivity index (χ3n) is 3.22. The van der Waals surface area contributed by atoms with Gasteiger partial charge in [-0.05, 0) is 11.4 Å². The van der Waals surface area contributed by atoms with E-state index in [0.29, 0.717) is 23.9 Å². The molecule has 0 bridgehead atoms. The lowest BCUT2D eigenvalue weighted by molar-refractivity contribution is -0.00253. The van der Waals surface area contributed by atoms with Gasteiger partial charge in [-0.3, -0.25) is 4.68 Å². The van der Waals surface area contributed by atoms with Crippen LogP contribution in [0, 0.1) is 0 Å². The van der Waals surface area contributed by atoms with Crippen LogP contribution in [0.15, 0.2) is 34.1 Å². The van der Waals surface area contributed by atoms with Gasteiger partial charge >= 0.3 is 0 Å². The molecule has 6 nitrogen and oxygen atoms in total. The molecule has 0 N–H and O–H groups in total. The average molecular weight is 313 g/mol. The van der Waals surface area contributed by atoms with Gasteiger partial charge in [0.15, 0.2) is 0 Å². The summed E-state index contributed by atoms with van der Waals surface area (Å²) in [7, 11) is -1.58. The van der Waals surface area contributed by atoms with Crippen molar-refractivity contribution in [1.29, 1.82) is 0 Å². The van der Waals surface area contributed by atoms with Gasteiger partial charge in [0, 0.05) is 31.9 Å². The van der Waals surface area contributed by atoms with E-state index in [-0.39, 0.29) is 6.10 Å². The van der Waals surface area contributed by atoms with Gasteiger partial charge in [0.25, 0.3) is 10.0 Å². The predicted molar refractivity (Wildman–Crippen MR) is 75.0 cm³/mol. The van der Waals surface area contributed by atoms with Gasteiger partial charge in [0.05, 0.1) is 18.9 Å². The van der Waals surface area contributed by atoms with E-state index >= 15 is 0 Å². The highest BCUT2D eigenvalue weighted by Crippen LogP contribution is 2.27. The summed E-state index contributed by atoms with van der Waals surface area (Å²) < 4.78 is 34.2. The molecule has 3 heterocycles. The number of hydrogen-bond donors (Lipinski definition) is 0. The molecular weight excluding hydrogens is 298 g/mol. The number of hydrogen-bond acceptors (Lipinski definition) is 5. The summed E-state index contributed by atoms with van der Waals surface area (Å²) in [6.07, 6.45) is 3.31. The molecule has 0 radical (unpaired) electrons. The zero-order valence-electron chi connectivity index (χ0n) is 11.0. The number of nitrogens with zero attached hydrogens (tertiary/aromatic N) is 3. The van der Waals surface area contributed by atoms with Crippen LogP contribution in [0.3, 0.4) is 0 Å². The molecule has 1 saturated heterocycles. The Bertz CT molecular complexity index is 679. The van der Waals surface area contributed by atoms with E-state index in [9.17, 15) is 8.42 Å². The van der Waals surface area contributed by atoms with E-state index in [0.717, 1.165) is 5.56 Å². The van der Waals surface area contributed by atoms with Crippen LogP contribution in [0.25, 0.3) is 0 Å². The molecule has 0 saturated carbocycles. The molecule has 2 aromatic heterocycles. The molecule has 20 heavy (non-hydrogen) atoms. The summed E-state index contributed by atoms with van der Waals surface area (Å²) in [5.41, 5.74) is 0.901. The molecule has 8 heteroatoms. The van der Waals surface area contributed by atoms with Gasteiger partial charge in [-0.1, -0.05) is 6.07 Å². The highest BCUT2D eigenvalue weighted by atomic mass is 32.2. The Morgan fingerprint density at radius 2 is 2.35 bits per heavy atom. The molecule has 1 fully saturated rings. The Hall–Kier alpha value is -1.22. The van der Waals surface area contributed by atoms with Crippen molar-refractivity contribution in [3.8, 4) is 0 Å². The van der Waals surface area contributed by atoms with Crippen LogP contribution in [0.1, 0.15) is 11.7 Å². The Morgan fingerprint density at radius 3 is 3.00 bits per heavy atom. The van der Waals surface area contributed by atoms with Crippen molar-refractivity contribution in [1.82, 2.24) is 14.1 Å². The number of ether oxygens (including phenoxy) is 1. The fourth-order valence-corrected chi connectivity index (χ4v) is 4.76. The lowest BCUT2D eigenvalue weighted by atomic mass is 10.2. The van der Waals surface area contributed by atoms with Crippen molar-refractivity contribution in [2.45, 2.75) is 10.3 Å². The van der Waals surface area contributed by atoms with Crippen LogP contribution < -0.4 is 0 Å². The lowest BCUT2D eigenvalue weighted by Crippen LogP contribution is -2.41. The largest absolute Gasteiger partial charge is 0.371 e. The third-order valence-corrected chi connectivity index (χ3v) is 6.45. The summed E-state index contributed by atoms with van der Waals surface area (Å²) in [6.45, 7) is 1.10. The summed E-state index contributed by atoms with van der Waals surface area (Å²) in [5, 5.41) is 5.87. The number of rotatable bonds is 3. The maximum Gasteiger partial charge on any atom is 0.252 e. The maximum absolute atomic E-state index is 12.5. The van der Waals surface area contributed by atoms with Crippen molar-refractivity contribution in [3.63, 3.8) is 0 Å². The van der Waals surface area contributed by atoms with Gasteiger partial charge in [-0.25, -0.2) is 8.42 Å². The van der Waals surface area contributed by atoms with Crippen LogP contribution in [0.2, 0.25) is 0 Å². The molecule has 1 aliphatic heterocycles. The number of aryl methyl sites for hydroxylation is 1. The normalized spacial score (nSPS) is 21.1. The highest BCUT2D eigenvalue weighted by Gasteiger charge is 2.32. The van der Waals surface area contributed by atoms with Crippen molar-refractivity contribution < 1.29 is 13.2 Å². The number of sulfonamides is 1. The van der Waals surface area contributed by atoms with Crippen molar-refractivity contribution >= 4 is 21.4 Å². The molecule has 0 amide bonds. The minimum Gasteiger partial charge on any atom is -0.371 e. The first kappa shape index (κ1) is 13.7. The first-order valence-corrected chi connectivity index (χ1v) is 8.53. The van der Waals surface area contributed by atoms with Gasteiger partial charge < -0.3 is 4.74 Å². The van der Waals surface area contributed by atoms with Crippen LogP contribution in [-0.2, 0) is 21.8 Å². The Labute approximate surface area is 121 Å². The molecule has 3 rings (SSSR count). The van der Waals surface area contributed by atoms with Gasteiger partial charge in [0.2, 0.25) is 0 Å². The van der Waals surface area contributed by atoms with Crippen LogP contribution in [0.4, 0.5) is 0 Å². The van der Waals surface area contributed by atoms with E-state index < -0.39 is 10.0 Å². The Balaban J connectivity index is 1.82. The smallest absolute Gasteiger partial charge is 0.252 e. The Morgan fingerprint density at radius 1 is 1.50 bits per heavy atom. The first-order valence-electron chi connectivity index (χ1n) is 6.21. The summed E-state index contributed by atoms with van der Waals surface area (Å²) in [5.74, 6) is 0. The van der Waals surface area contributed by atoms with Crippen molar-refractivity contribution in [3.05, 3.63) is 35.5 Å². The number of thiophene rings is 1. The molecule has 2 aromatic rings. The van der Waals surface area contributed by atoms with Gasteiger partial charge in [-0.2, -0.15) is 9.40 Å². The second-order valence-electron chi connectivity index (χ2n) is 4.60. The van der Waals surface area contributed by atoms with Gasteiger partial charge in [-0.15, -0.1) is 11.3 Å². The molecule has 0 spiro atoms. The van der Waals surface area contributed by atoms with Crippen LogP contribution in [-0.4, -0.2) is 42.2 Å². The third kappa shape index (κ3) is 2.51. The summed E-state index contributed by atoms with van der Waals surface area (Å²) in [6, 6.07) is 3.38. The molecule has 0 aromatic carbocycles. The molecule has 1 aliphatic rings. The molecule has 0 unspecified atom stereocenters. The number of morpholine rings is 1. The van der Waals surface area contributed by atoms with Crippen LogP contribution >= 0.6 is 11.3 Å². The second-order valence-corrected chi connectivity index (χ2v) is 7.71. The quantitative estimate of drug-likeness (QED) is 0.855. The molecule has 0 aliphatic carbocycles. The van der Waals surface area contributed by atoms with E-state index in [1.807, 2.05) is 13.2 Å². The Kier molecular flexibility index (Phi) is 3.63. The standard InChI is InChI=1S/C12H15N3O3S2/c1-14-8-10(7-13-14)11-9-15(4-5-18-11)20(16,17)12-3-2-6-19-12/h2-3,6-8,11H,4-5,9H2,1H3/t11-/m0/s1. The predicted octanol–water partition coefficient (Wildman–Crippen LogP) is 1.24. The van der Waals surface area contributed by atoms with Crippen molar-refractivity contribution in [2.24, 2.45) is 7.05 Å². The minimum absolute atomic E-state index is 0.257. The molecule has 1 atom stereocenters. The zero-order valence-corrected chi connectivity index (χ0v) is 12.6. The molecule has 108 valence electrons. The number of aromatic nitrogens is 2. The summed E-state index contributed by atoms with van der Waals surface area (Å²) >= 11 is 1.24. The fourth-order valence-electron chi connectivity index (χ4n) is 2.19. The van der Waals surface area contributed by atoms with E-state index in [2.05, 4.69) is 5.10 Å². The topological polar surface area (TPSA) is 64.4 Å². The highest BCUT2D eigenvalue weighted by molar-refractivity contribution is 7.91. The van der Waals surface area contributed by atoms with Crippen LogP contribution in [0.5, 0.6) is 0 Å². The van der Waals surface area contributed by atoms with E-state index in [1.165, 1.54) is 15.6 Å². The SMILES string of the molecule is Cn1cc([C@@H]2CN(S(=O)(=O)c3cccs3)CCO2)cn1. The van der Waals surface area contributed by atoms with Gasteiger partial charge in [0.1, 0.15) is 4.21 Å². The zero-order chi connectivity index (χ0) is 14.2. The van der Waals surface area contributed by atoms with Crippen molar-refractivity contribution in [2.75, 3.05) is 19.7 Å². The first-order chi connectivity index (χ1) is 9.57.